The van der Waals surface area contributed by atoms with Crippen molar-refractivity contribution in [3.8, 4) is 11.6 Å². The molecule has 0 spiro atoms. The first-order chi connectivity index (χ1) is 18.8. The Labute approximate surface area is 216 Å². The number of benzene rings is 5. The number of fused-ring (bicyclic) bond motifs is 8. The first-order valence-corrected chi connectivity index (χ1v) is 12.8. The number of para-hydroxylation sites is 4. The maximum absolute atomic E-state index is 6.40. The Morgan fingerprint density at radius 3 is 1.82 bits per heavy atom. The minimum Gasteiger partial charge on any atom is -0.462 e. The van der Waals surface area contributed by atoms with Gasteiger partial charge >= 0.3 is 0 Å². The first-order valence-electron chi connectivity index (χ1n) is 12.8. The van der Waals surface area contributed by atoms with Gasteiger partial charge in [-0.3, -0.25) is 4.57 Å². The highest BCUT2D eigenvalue weighted by atomic mass is 16.4. The Bertz CT molecular complexity index is 2330. The summed E-state index contributed by atoms with van der Waals surface area (Å²) in [5.41, 5.74) is 7.32. The summed E-state index contributed by atoms with van der Waals surface area (Å²) in [6.45, 7) is 0. The standard InChI is InChI=1S/C34H20N2O2/c1-7-15-32-21(9-1)17-34(38-32)36-28-14-6-3-11-23(28)26-18-25-22-10-2-5-13-27(22)35(29(25)19-30(26)36)31-20-37-33-16-8-4-12-24(31)33/h1-20H. The number of hydrogen-bond acceptors (Lipinski definition) is 2. The van der Waals surface area contributed by atoms with Crippen LogP contribution in [0.25, 0.3) is 77.1 Å². The van der Waals surface area contributed by atoms with Crippen molar-refractivity contribution in [2.75, 3.05) is 0 Å². The Kier molecular flexibility index (Phi) is 3.76. The summed E-state index contributed by atoms with van der Waals surface area (Å²) in [6, 6.07) is 40.3. The number of nitrogens with zero attached hydrogens (tertiary/aromatic N) is 2. The molecule has 178 valence electrons. The van der Waals surface area contributed by atoms with E-state index in [1.807, 2.05) is 36.6 Å². The Morgan fingerprint density at radius 1 is 0.447 bits per heavy atom. The number of hydrogen-bond donors (Lipinski definition) is 0. The Hall–Kier alpha value is -5.22. The molecule has 0 atom stereocenters. The second-order valence-electron chi connectivity index (χ2n) is 9.83. The van der Waals surface area contributed by atoms with Gasteiger partial charge in [0.1, 0.15) is 17.4 Å². The van der Waals surface area contributed by atoms with Gasteiger partial charge in [-0.15, -0.1) is 0 Å². The van der Waals surface area contributed by atoms with Gasteiger partial charge in [-0.25, -0.2) is 0 Å². The molecule has 0 radical (unpaired) electrons. The molecular formula is C34H20N2O2. The maximum atomic E-state index is 6.40. The lowest BCUT2D eigenvalue weighted by Crippen LogP contribution is -1.94. The van der Waals surface area contributed by atoms with E-state index in [2.05, 4.69) is 94.1 Å². The molecule has 5 aromatic carbocycles. The van der Waals surface area contributed by atoms with Gasteiger partial charge in [0.25, 0.3) is 0 Å². The van der Waals surface area contributed by atoms with Crippen LogP contribution in [0.1, 0.15) is 0 Å². The normalized spacial score (nSPS) is 12.2. The molecule has 9 rings (SSSR count). The largest absolute Gasteiger partial charge is 0.462 e. The lowest BCUT2D eigenvalue weighted by molar-refractivity contribution is 0.590. The van der Waals surface area contributed by atoms with Crippen molar-refractivity contribution in [2.45, 2.75) is 0 Å². The third-order valence-corrected chi connectivity index (χ3v) is 7.80. The molecule has 4 aromatic heterocycles. The quantitative estimate of drug-likeness (QED) is 0.243. The predicted octanol–water partition coefficient (Wildman–Crippen LogP) is 9.37. The van der Waals surface area contributed by atoms with Crippen LogP contribution in [0, 0.1) is 0 Å². The summed E-state index contributed by atoms with van der Waals surface area (Å²) in [5.74, 6) is 0.813. The van der Waals surface area contributed by atoms with Crippen LogP contribution in [-0.4, -0.2) is 9.13 Å². The zero-order valence-corrected chi connectivity index (χ0v) is 20.3. The average Bonchev–Trinajstić information content (AvgIpc) is 3.72. The topological polar surface area (TPSA) is 36.1 Å². The van der Waals surface area contributed by atoms with Crippen LogP contribution in [0.5, 0.6) is 0 Å². The molecule has 9 aromatic rings. The van der Waals surface area contributed by atoms with Crippen molar-refractivity contribution in [1.82, 2.24) is 9.13 Å². The van der Waals surface area contributed by atoms with E-state index in [0.29, 0.717) is 0 Å². The van der Waals surface area contributed by atoms with Crippen molar-refractivity contribution in [3.05, 3.63) is 122 Å². The highest BCUT2D eigenvalue weighted by Gasteiger charge is 2.21. The second-order valence-corrected chi connectivity index (χ2v) is 9.83. The lowest BCUT2D eigenvalue weighted by Gasteiger charge is -2.07. The molecule has 38 heavy (non-hydrogen) atoms. The van der Waals surface area contributed by atoms with Crippen molar-refractivity contribution in [1.29, 1.82) is 0 Å². The fourth-order valence-electron chi connectivity index (χ4n) is 6.14. The van der Waals surface area contributed by atoms with E-state index in [1.54, 1.807) is 0 Å². The van der Waals surface area contributed by atoms with Crippen LogP contribution in [0.3, 0.4) is 0 Å². The van der Waals surface area contributed by atoms with Gasteiger partial charge in [0, 0.05) is 38.4 Å². The SMILES string of the molecule is c1ccc2oc(-n3c4ccccc4c4cc5c6ccccc6n(-c6coc7ccccc67)c5cc43)cc2c1. The third kappa shape index (κ3) is 2.53. The number of furan rings is 2. The first kappa shape index (κ1) is 19.9. The van der Waals surface area contributed by atoms with E-state index in [9.17, 15) is 0 Å². The summed E-state index contributed by atoms with van der Waals surface area (Å²) in [7, 11) is 0. The lowest BCUT2D eigenvalue weighted by atomic mass is 10.1. The zero-order chi connectivity index (χ0) is 24.8. The number of rotatable bonds is 2. The van der Waals surface area contributed by atoms with E-state index < -0.39 is 0 Å². The summed E-state index contributed by atoms with van der Waals surface area (Å²) < 4.78 is 17.0. The average molecular weight is 489 g/mol. The molecule has 4 heterocycles. The minimum atomic E-state index is 0.813. The highest BCUT2D eigenvalue weighted by Crippen LogP contribution is 2.41. The molecule has 0 aliphatic carbocycles. The van der Waals surface area contributed by atoms with E-state index in [-0.39, 0.29) is 0 Å². The van der Waals surface area contributed by atoms with Gasteiger partial charge in [-0.05, 0) is 42.5 Å². The third-order valence-electron chi connectivity index (χ3n) is 7.80. The summed E-state index contributed by atoms with van der Waals surface area (Å²) >= 11 is 0. The van der Waals surface area contributed by atoms with Gasteiger partial charge in [0.15, 0.2) is 0 Å². The van der Waals surface area contributed by atoms with Crippen molar-refractivity contribution >= 4 is 65.6 Å². The van der Waals surface area contributed by atoms with Gasteiger partial charge in [0.05, 0.1) is 27.8 Å². The van der Waals surface area contributed by atoms with Crippen LogP contribution < -0.4 is 0 Å². The predicted molar refractivity (Wildman–Crippen MR) is 155 cm³/mol. The molecule has 0 N–H and O–H groups in total. The molecule has 4 heteroatoms. The molecule has 0 amide bonds. The highest BCUT2D eigenvalue weighted by molar-refractivity contribution is 6.19. The molecule has 0 aliphatic heterocycles. The van der Waals surface area contributed by atoms with Crippen LogP contribution in [0.4, 0.5) is 0 Å². The van der Waals surface area contributed by atoms with Gasteiger partial charge in [-0.2, -0.15) is 0 Å². The van der Waals surface area contributed by atoms with Crippen molar-refractivity contribution < 1.29 is 8.83 Å². The maximum Gasteiger partial charge on any atom is 0.205 e. The Morgan fingerprint density at radius 2 is 1.05 bits per heavy atom. The minimum absolute atomic E-state index is 0.813. The molecule has 0 aliphatic rings. The zero-order valence-electron chi connectivity index (χ0n) is 20.3. The fraction of sp³-hybridized carbons (Fsp3) is 0. The monoisotopic (exact) mass is 488 g/mol. The van der Waals surface area contributed by atoms with Crippen molar-refractivity contribution in [3.63, 3.8) is 0 Å². The summed E-state index contributed by atoms with van der Waals surface area (Å²) in [4.78, 5) is 0. The summed E-state index contributed by atoms with van der Waals surface area (Å²) in [5, 5.41) is 7.02. The van der Waals surface area contributed by atoms with Gasteiger partial charge in [-0.1, -0.05) is 66.7 Å². The fourth-order valence-corrected chi connectivity index (χ4v) is 6.14. The molecular weight excluding hydrogens is 468 g/mol. The van der Waals surface area contributed by atoms with Crippen LogP contribution in [-0.2, 0) is 0 Å². The Balaban J connectivity index is 1.47. The molecule has 4 nitrogen and oxygen atoms in total. The molecule has 0 saturated carbocycles. The molecule has 0 saturated heterocycles. The molecule has 0 unspecified atom stereocenters. The van der Waals surface area contributed by atoms with E-state index >= 15 is 0 Å². The second kappa shape index (κ2) is 7.17. The van der Waals surface area contributed by atoms with Crippen LogP contribution in [0.2, 0.25) is 0 Å². The molecule has 0 bridgehead atoms. The van der Waals surface area contributed by atoms with Crippen molar-refractivity contribution in [2.24, 2.45) is 0 Å². The number of aromatic nitrogens is 2. The van der Waals surface area contributed by atoms with Crippen LogP contribution in [0.15, 0.2) is 130 Å². The smallest absolute Gasteiger partial charge is 0.205 e. The van der Waals surface area contributed by atoms with Crippen LogP contribution >= 0.6 is 0 Å². The van der Waals surface area contributed by atoms with Gasteiger partial charge < -0.3 is 13.4 Å². The van der Waals surface area contributed by atoms with E-state index in [4.69, 9.17) is 8.83 Å². The summed E-state index contributed by atoms with van der Waals surface area (Å²) in [6.07, 6.45) is 1.87. The van der Waals surface area contributed by atoms with E-state index in [0.717, 1.165) is 55.6 Å². The van der Waals surface area contributed by atoms with E-state index in [1.165, 1.54) is 21.5 Å². The van der Waals surface area contributed by atoms with Gasteiger partial charge in [0.2, 0.25) is 5.88 Å². The molecule has 0 fully saturated rings.